The van der Waals surface area contributed by atoms with Gasteiger partial charge in [-0.2, -0.15) is 0 Å². The highest BCUT2D eigenvalue weighted by Crippen LogP contribution is 2.07. The lowest BCUT2D eigenvalue weighted by Crippen LogP contribution is -2.31. The summed E-state index contributed by atoms with van der Waals surface area (Å²) in [5.41, 5.74) is -0.126. The van der Waals surface area contributed by atoms with Crippen LogP contribution in [-0.2, 0) is 0 Å². The number of nitrogens with one attached hydrogen (secondary N) is 1. The number of carboxylic acids is 1. The zero-order valence-corrected chi connectivity index (χ0v) is 7.90. The SMILES string of the molecule is O=C([O-])c1ccccc1C(=O)NCCO. The van der Waals surface area contributed by atoms with Crippen molar-refractivity contribution >= 4 is 11.9 Å². The van der Waals surface area contributed by atoms with Gasteiger partial charge in [-0.3, -0.25) is 4.79 Å². The van der Waals surface area contributed by atoms with Crippen molar-refractivity contribution in [1.29, 1.82) is 0 Å². The monoisotopic (exact) mass is 208 g/mol. The Balaban J connectivity index is 2.92. The molecule has 5 nitrogen and oxygen atoms in total. The first-order valence-corrected chi connectivity index (χ1v) is 4.36. The minimum Gasteiger partial charge on any atom is -0.545 e. The fraction of sp³-hybridized carbons (Fsp3) is 0.200. The third-order valence-corrected chi connectivity index (χ3v) is 1.79. The largest absolute Gasteiger partial charge is 0.545 e. The Morgan fingerprint density at radius 1 is 1.27 bits per heavy atom. The van der Waals surface area contributed by atoms with Crippen molar-refractivity contribution in [2.75, 3.05) is 13.2 Å². The quantitative estimate of drug-likeness (QED) is 0.648. The standard InChI is InChI=1S/C10H11NO4/c12-6-5-11-9(13)7-3-1-2-4-8(7)10(14)15/h1-4,12H,5-6H2,(H,11,13)(H,14,15)/p-1. The molecule has 1 amide bonds. The van der Waals surface area contributed by atoms with Crippen LogP contribution < -0.4 is 10.4 Å². The summed E-state index contributed by atoms with van der Waals surface area (Å²) >= 11 is 0. The molecule has 0 aliphatic rings. The molecule has 0 bridgehead atoms. The average molecular weight is 208 g/mol. The van der Waals surface area contributed by atoms with Crippen LogP contribution in [0.5, 0.6) is 0 Å². The molecule has 1 aromatic rings. The van der Waals surface area contributed by atoms with E-state index in [1.54, 1.807) is 6.07 Å². The number of carboxylic acid groups (broad SMARTS) is 1. The van der Waals surface area contributed by atoms with E-state index in [-0.39, 0.29) is 24.3 Å². The van der Waals surface area contributed by atoms with E-state index < -0.39 is 11.9 Å². The molecule has 2 N–H and O–H groups in total. The topological polar surface area (TPSA) is 89.5 Å². The first kappa shape index (κ1) is 11.2. The van der Waals surface area contributed by atoms with Crippen LogP contribution in [0.4, 0.5) is 0 Å². The van der Waals surface area contributed by atoms with Crippen molar-refractivity contribution in [2.24, 2.45) is 0 Å². The van der Waals surface area contributed by atoms with E-state index in [9.17, 15) is 14.7 Å². The highest BCUT2D eigenvalue weighted by Gasteiger charge is 2.10. The number of rotatable bonds is 4. The molecule has 0 atom stereocenters. The third-order valence-electron chi connectivity index (χ3n) is 1.79. The van der Waals surface area contributed by atoms with Gasteiger partial charge in [0.1, 0.15) is 0 Å². The zero-order chi connectivity index (χ0) is 11.3. The van der Waals surface area contributed by atoms with Crippen LogP contribution in [0.25, 0.3) is 0 Å². The minimum atomic E-state index is -1.40. The lowest BCUT2D eigenvalue weighted by molar-refractivity contribution is -0.255. The van der Waals surface area contributed by atoms with E-state index in [1.807, 2.05) is 0 Å². The summed E-state index contributed by atoms with van der Waals surface area (Å²) in [4.78, 5) is 22.1. The molecule has 1 aromatic carbocycles. The number of benzene rings is 1. The lowest BCUT2D eigenvalue weighted by atomic mass is 10.1. The predicted octanol–water partition coefficient (Wildman–Crippen LogP) is -1.23. The molecule has 0 aromatic heterocycles. The summed E-state index contributed by atoms with van der Waals surface area (Å²) in [6.07, 6.45) is 0. The fourth-order valence-corrected chi connectivity index (χ4v) is 1.12. The van der Waals surface area contributed by atoms with Crippen molar-refractivity contribution < 1.29 is 19.8 Å². The van der Waals surface area contributed by atoms with Gasteiger partial charge in [0.2, 0.25) is 0 Å². The van der Waals surface area contributed by atoms with E-state index in [0.717, 1.165) is 0 Å². The minimum absolute atomic E-state index is 0.0333. The Labute approximate surface area is 86.4 Å². The highest BCUT2D eigenvalue weighted by atomic mass is 16.4. The van der Waals surface area contributed by atoms with Gasteiger partial charge >= 0.3 is 0 Å². The van der Waals surface area contributed by atoms with Crippen molar-refractivity contribution in [1.82, 2.24) is 5.32 Å². The first-order chi connectivity index (χ1) is 7.16. The van der Waals surface area contributed by atoms with Crippen molar-refractivity contribution in [3.63, 3.8) is 0 Å². The molecule has 15 heavy (non-hydrogen) atoms. The number of carbonyl (C=O) groups excluding carboxylic acids is 2. The number of hydrogen-bond donors (Lipinski definition) is 2. The maximum Gasteiger partial charge on any atom is 0.252 e. The Morgan fingerprint density at radius 2 is 1.87 bits per heavy atom. The second kappa shape index (κ2) is 5.11. The maximum absolute atomic E-state index is 11.4. The van der Waals surface area contributed by atoms with E-state index in [2.05, 4.69) is 5.32 Å². The summed E-state index contributed by atoms with van der Waals surface area (Å²) in [5.74, 6) is -1.94. The van der Waals surface area contributed by atoms with Crippen LogP contribution in [0.2, 0.25) is 0 Å². The van der Waals surface area contributed by atoms with Crippen LogP contribution in [0.3, 0.4) is 0 Å². The molecule has 80 valence electrons. The summed E-state index contributed by atoms with van der Waals surface area (Å²) in [5, 5.41) is 21.5. The Bertz CT molecular complexity index is 375. The predicted molar refractivity (Wildman–Crippen MR) is 50.2 cm³/mol. The van der Waals surface area contributed by atoms with Crippen LogP contribution in [0.1, 0.15) is 20.7 Å². The number of aliphatic hydroxyl groups is 1. The van der Waals surface area contributed by atoms with Crippen molar-refractivity contribution in [2.45, 2.75) is 0 Å². The van der Waals surface area contributed by atoms with Gasteiger partial charge < -0.3 is 20.3 Å². The van der Waals surface area contributed by atoms with Gasteiger partial charge in [-0.15, -0.1) is 0 Å². The Morgan fingerprint density at radius 3 is 2.40 bits per heavy atom. The second-order valence-electron chi connectivity index (χ2n) is 2.81. The van der Waals surface area contributed by atoms with E-state index >= 15 is 0 Å². The number of amides is 1. The molecule has 1 rings (SSSR count). The van der Waals surface area contributed by atoms with Crippen LogP contribution in [0.15, 0.2) is 24.3 Å². The smallest absolute Gasteiger partial charge is 0.252 e. The molecule has 0 saturated carbocycles. The number of carbonyl (C=O) groups is 2. The summed E-state index contributed by atoms with van der Waals surface area (Å²) in [6.45, 7) is -0.112. The van der Waals surface area contributed by atoms with E-state index in [0.29, 0.717) is 0 Å². The molecule has 0 saturated heterocycles. The van der Waals surface area contributed by atoms with Gasteiger partial charge in [-0.25, -0.2) is 0 Å². The van der Waals surface area contributed by atoms with Gasteiger partial charge in [0.05, 0.1) is 12.6 Å². The zero-order valence-electron chi connectivity index (χ0n) is 7.90. The molecule has 0 aliphatic carbocycles. The molecule has 0 unspecified atom stereocenters. The van der Waals surface area contributed by atoms with Crippen molar-refractivity contribution in [3.05, 3.63) is 35.4 Å². The number of aromatic carboxylic acids is 1. The van der Waals surface area contributed by atoms with Crippen LogP contribution in [-0.4, -0.2) is 30.1 Å². The van der Waals surface area contributed by atoms with Crippen molar-refractivity contribution in [3.8, 4) is 0 Å². The van der Waals surface area contributed by atoms with Gasteiger partial charge in [0.15, 0.2) is 0 Å². The van der Waals surface area contributed by atoms with E-state index in [1.165, 1.54) is 18.2 Å². The highest BCUT2D eigenvalue weighted by molar-refractivity contribution is 6.04. The van der Waals surface area contributed by atoms with Gasteiger partial charge in [0, 0.05) is 17.7 Å². The van der Waals surface area contributed by atoms with Gasteiger partial charge in [0.25, 0.3) is 5.91 Å². The van der Waals surface area contributed by atoms with Gasteiger partial charge in [-0.05, 0) is 6.07 Å². The molecule has 0 spiro atoms. The summed E-state index contributed by atoms with van der Waals surface area (Å²) < 4.78 is 0. The molecular formula is C10H10NO4-. The third kappa shape index (κ3) is 2.78. The van der Waals surface area contributed by atoms with Crippen LogP contribution in [0, 0.1) is 0 Å². The lowest BCUT2D eigenvalue weighted by Gasteiger charge is -2.09. The number of hydrogen-bond acceptors (Lipinski definition) is 4. The molecule has 5 heteroatoms. The molecule has 0 fully saturated rings. The van der Waals surface area contributed by atoms with Crippen LogP contribution >= 0.6 is 0 Å². The van der Waals surface area contributed by atoms with E-state index in [4.69, 9.17) is 5.11 Å². The molecule has 0 aliphatic heterocycles. The van der Waals surface area contributed by atoms with Gasteiger partial charge in [-0.1, -0.05) is 18.2 Å². The molecular weight excluding hydrogens is 198 g/mol. The summed E-state index contributed by atoms with van der Waals surface area (Å²) in [6, 6.07) is 5.75. The number of aliphatic hydroxyl groups excluding tert-OH is 1. The Kier molecular flexibility index (Phi) is 3.82. The first-order valence-electron chi connectivity index (χ1n) is 4.36. The average Bonchev–Trinajstić information content (AvgIpc) is 2.25. The molecule has 0 heterocycles. The second-order valence-corrected chi connectivity index (χ2v) is 2.81. The summed E-state index contributed by atoms with van der Waals surface area (Å²) in [7, 11) is 0. The normalized spacial score (nSPS) is 9.67. The maximum atomic E-state index is 11.4. The molecule has 0 radical (unpaired) electrons. The Hall–Kier alpha value is -1.88. The fourth-order valence-electron chi connectivity index (χ4n) is 1.12.